The van der Waals surface area contributed by atoms with Crippen LogP contribution < -0.4 is 0 Å². The highest BCUT2D eigenvalue weighted by Gasteiger charge is 2.45. The second-order valence-corrected chi connectivity index (χ2v) is 11.7. The lowest BCUT2D eigenvalue weighted by atomic mass is 9.87. The van der Waals surface area contributed by atoms with Crippen LogP contribution in [0, 0.1) is 6.92 Å². The van der Waals surface area contributed by atoms with E-state index in [1.807, 2.05) is 12.3 Å². The molecule has 0 amide bonds. The van der Waals surface area contributed by atoms with Gasteiger partial charge in [-0.05, 0) is 79.0 Å². The van der Waals surface area contributed by atoms with E-state index < -0.39 is 0 Å². The van der Waals surface area contributed by atoms with Gasteiger partial charge in [-0.15, -0.1) is 0 Å². The van der Waals surface area contributed by atoms with E-state index in [2.05, 4.69) is 81.7 Å². The molecular formula is C34H33N5O. The quantitative estimate of drug-likeness (QED) is 0.275. The summed E-state index contributed by atoms with van der Waals surface area (Å²) < 4.78 is 5.74. The van der Waals surface area contributed by atoms with Gasteiger partial charge in [-0.1, -0.05) is 42.5 Å². The molecule has 0 radical (unpaired) electrons. The van der Waals surface area contributed by atoms with Gasteiger partial charge in [0.05, 0.1) is 18.9 Å². The number of hydrogen-bond donors (Lipinski definition) is 1. The van der Waals surface area contributed by atoms with Crippen molar-refractivity contribution in [1.82, 2.24) is 25.1 Å². The van der Waals surface area contributed by atoms with Gasteiger partial charge in [0.1, 0.15) is 5.65 Å². The highest BCUT2D eigenvalue weighted by molar-refractivity contribution is 5.96. The Balaban J connectivity index is 1.06. The molecule has 3 atom stereocenters. The van der Waals surface area contributed by atoms with Crippen molar-refractivity contribution in [2.75, 3.05) is 13.2 Å². The second kappa shape index (κ2) is 9.65. The van der Waals surface area contributed by atoms with Crippen molar-refractivity contribution >= 4 is 11.0 Å². The van der Waals surface area contributed by atoms with E-state index in [9.17, 15) is 0 Å². The fraction of sp³-hybridized carbons (Fsp3) is 0.324. The predicted octanol–water partition coefficient (Wildman–Crippen LogP) is 6.38. The summed E-state index contributed by atoms with van der Waals surface area (Å²) in [7, 11) is 0. The largest absolute Gasteiger partial charge is 0.378 e. The molecule has 5 heterocycles. The van der Waals surface area contributed by atoms with Crippen LogP contribution in [0.1, 0.15) is 36.0 Å². The number of rotatable bonds is 4. The van der Waals surface area contributed by atoms with Crippen LogP contribution >= 0.6 is 0 Å². The first-order valence-corrected chi connectivity index (χ1v) is 14.5. The molecule has 6 nitrogen and oxygen atoms in total. The predicted molar refractivity (Wildman–Crippen MR) is 158 cm³/mol. The number of fused-ring (bicyclic) bond motifs is 4. The van der Waals surface area contributed by atoms with Crippen LogP contribution in [0.2, 0.25) is 0 Å². The molecule has 0 spiro atoms. The van der Waals surface area contributed by atoms with Crippen LogP contribution in [0.3, 0.4) is 0 Å². The Hall–Kier alpha value is -3.87. The summed E-state index contributed by atoms with van der Waals surface area (Å²) >= 11 is 0. The Labute approximate surface area is 234 Å². The minimum Gasteiger partial charge on any atom is -0.378 e. The standard InChI is InChI=1S/C34H33N5O/c1-21-12-13-37-38-33(21)24-5-3-23(4-6-24)32-18-36-34-31(32)15-27(17-35-34)26-7-2-22-8-10-28(11-9-25(22)14-26)39-29-16-30(39)20-40-19-29/h2-7,12-15,17-18,28-30H,8-11,16,19-20H2,1H3,(H,35,36)/t28-,29?,30?/m0/s1. The maximum atomic E-state index is 5.74. The van der Waals surface area contributed by atoms with Crippen molar-refractivity contribution in [3.8, 4) is 33.5 Å². The number of ether oxygens (including phenoxy) is 1. The van der Waals surface area contributed by atoms with Gasteiger partial charge in [-0.2, -0.15) is 10.2 Å². The van der Waals surface area contributed by atoms with E-state index in [-0.39, 0.29) is 0 Å². The van der Waals surface area contributed by atoms with Gasteiger partial charge in [-0.3, -0.25) is 4.90 Å². The Morgan fingerprint density at radius 1 is 0.825 bits per heavy atom. The number of aromatic amines is 1. The Kier molecular flexibility index (Phi) is 5.78. The molecule has 5 aromatic rings. The minimum atomic E-state index is 0.654. The lowest BCUT2D eigenvalue weighted by Crippen LogP contribution is -2.66. The number of aryl methyl sites for hydroxylation is 3. The number of pyridine rings is 1. The van der Waals surface area contributed by atoms with E-state index in [1.165, 1.54) is 42.4 Å². The van der Waals surface area contributed by atoms with Crippen molar-refractivity contribution in [1.29, 1.82) is 0 Å². The van der Waals surface area contributed by atoms with Crippen LogP contribution in [0.15, 0.2) is 73.2 Å². The summed E-state index contributed by atoms with van der Waals surface area (Å²) in [5.74, 6) is 0. The summed E-state index contributed by atoms with van der Waals surface area (Å²) in [5, 5.41) is 9.54. The number of hydrogen-bond acceptors (Lipinski definition) is 5. The maximum absolute atomic E-state index is 5.74. The first-order valence-electron chi connectivity index (χ1n) is 14.5. The summed E-state index contributed by atoms with van der Waals surface area (Å²) in [4.78, 5) is 11.0. The third-order valence-electron chi connectivity index (χ3n) is 9.39. The van der Waals surface area contributed by atoms with Crippen LogP contribution in [0.4, 0.5) is 0 Å². The molecule has 1 N–H and O–H groups in total. The van der Waals surface area contributed by atoms with Crippen molar-refractivity contribution in [2.45, 2.75) is 57.2 Å². The van der Waals surface area contributed by atoms with Crippen molar-refractivity contribution in [3.63, 3.8) is 0 Å². The number of morpholine rings is 1. The number of nitrogens with one attached hydrogen (secondary N) is 1. The molecule has 3 aliphatic rings. The molecule has 2 fully saturated rings. The fourth-order valence-electron chi connectivity index (χ4n) is 7.22. The van der Waals surface area contributed by atoms with E-state index in [0.29, 0.717) is 18.1 Å². The molecule has 0 saturated carbocycles. The summed E-state index contributed by atoms with van der Waals surface area (Å²) in [6.45, 7) is 3.91. The molecular weight excluding hydrogens is 494 g/mol. The number of aromatic nitrogens is 4. The van der Waals surface area contributed by atoms with Gasteiger partial charge in [-0.25, -0.2) is 4.98 Å². The smallest absolute Gasteiger partial charge is 0.137 e. The van der Waals surface area contributed by atoms with Gasteiger partial charge >= 0.3 is 0 Å². The minimum absolute atomic E-state index is 0.654. The zero-order valence-electron chi connectivity index (χ0n) is 22.8. The van der Waals surface area contributed by atoms with Crippen LogP contribution in [0.5, 0.6) is 0 Å². The fourth-order valence-corrected chi connectivity index (χ4v) is 7.22. The SMILES string of the molecule is Cc1ccnnc1-c1ccc(-c2c[nH]c3ncc(-c4ccc5c(c4)CC[C@@H](N4C6COCC4C6)CC5)cc23)cc1. The van der Waals surface area contributed by atoms with Gasteiger partial charge in [0, 0.05) is 58.8 Å². The van der Waals surface area contributed by atoms with E-state index in [1.54, 1.807) is 6.20 Å². The number of H-pyrrole nitrogens is 1. The molecule has 2 aromatic carbocycles. The molecule has 2 saturated heterocycles. The summed E-state index contributed by atoms with van der Waals surface area (Å²) in [5.41, 5.74) is 11.8. The van der Waals surface area contributed by atoms with Gasteiger partial charge < -0.3 is 9.72 Å². The van der Waals surface area contributed by atoms with Crippen LogP contribution in [-0.4, -0.2) is 56.4 Å². The lowest BCUT2D eigenvalue weighted by molar-refractivity contribution is -0.148. The first-order chi connectivity index (χ1) is 19.7. The number of benzene rings is 2. The average molecular weight is 528 g/mol. The normalized spacial score (nSPS) is 22.5. The molecule has 2 aliphatic heterocycles. The van der Waals surface area contributed by atoms with Crippen LogP contribution in [0.25, 0.3) is 44.5 Å². The van der Waals surface area contributed by atoms with E-state index in [0.717, 1.165) is 64.2 Å². The Bertz CT molecular complexity index is 1690. The zero-order valence-corrected chi connectivity index (χ0v) is 22.8. The zero-order chi connectivity index (χ0) is 26.6. The van der Waals surface area contributed by atoms with E-state index in [4.69, 9.17) is 9.72 Å². The molecule has 3 aromatic heterocycles. The molecule has 6 heteroatoms. The van der Waals surface area contributed by atoms with Crippen LogP contribution in [-0.2, 0) is 17.6 Å². The topological polar surface area (TPSA) is 66.9 Å². The molecule has 8 rings (SSSR count). The van der Waals surface area contributed by atoms with Crippen molar-refractivity contribution < 1.29 is 4.74 Å². The van der Waals surface area contributed by atoms with E-state index >= 15 is 0 Å². The maximum Gasteiger partial charge on any atom is 0.137 e. The van der Waals surface area contributed by atoms with Crippen molar-refractivity contribution in [2.24, 2.45) is 0 Å². The third-order valence-corrected chi connectivity index (χ3v) is 9.39. The third kappa shape index (κ3) is 4.05. The molecule has 2 bridgehead atoms. The summed E-state index contributed by atoms with van der Waals surface area (Å²) in [6, 6.07) is 21.9. The lowest BCUT2D eigenvalue weighted by Gasteiger charge is -2.56. The number of nitrogens with zero attached hydrogens (tertiary/aromatic N) is 4. The average Bonchev–Trinajstić information content (AvgIpc) is 3.32. The Morgan fingerprint density at radius 3 is 2.40 bits per heavy atom. The molecule has 1 aliphatic carbocycles. The highest BCUT2D eigenvalue weighted by atomic mass is 16.5. The first kappa shape index (κ1) is 24.0. The van der Waals surface area contributed by atoms with Crippen molar-refractivity contribution in [3.05, 3.63) is 89.9 Å². The molecule has 200 valence electrons. The molecule has 2 unspecified atom stereocenters. The van der Waals surface area contributed by atoms with Gasteiger partial charge in [0.2, 0.25) is 0 Å². The monoisotopic (exact) mass is 527 g/mol. The highest BCUT2D eigenvalue weighted by Crippen LogP contribution is 2.38. The van der Waals surface area contributed by atoms with Gasteiger partial charge in [0.25, 0.3) is 0 Å². The second-order valence-electron chi connectivity index (χ2n) is 11.7. The Morgan fingerprint density at radius 2 is 1.60 bits per heavy atom. The summed E-state index contributed by atoms with van der Waals surface area (Å²) in [6.07, 6.45) is 11.9. The van der Waals surface area contributed by atoms with Gasteiger partial charge in [0.15, 0.2) is 0 Å². The molecule has 40 heavy (non-hydrogen) atoms.